The van der Waals surface area contributed by atoms with Crippen LogP contribution in [0.1, 0.15) is 78.2 Å². The highest BCUT2D eigenvalue weighted by atomic mass is 16.1. The summed E-state index contributed by atoms with van der Waals surface area (Å²) >= 11 is 0. The molecule has 2 rings (SSSR count). The van der Waals surface area contributed by atoms with Crippen molar-refractivity contribution < 1.29 is 4.79 Å². The van der Waals surface area contributed by atoms with Crippen molar-refractivity contribution in [3.63, 3.8) is 0 Å². The summed E-state index contributed by atoms with van der Waals surface area (Å²) in [7, 11) is 0. The molecule has 1 saturated heterocycles. The number of aryl methyl sites for hydroxylation is 1. The van der Waals surface area contributed by atoms with Crippen LogP contribution in [0.25, 0.3) is 0 Å². The molecule has 1 aliphatic rings. The molecule has 3 nitrogen and oxygen atoms in total. The minimum atomic E-state index is 0.189. The van der Waals surface area contributed by atoms with Gasteiger partial charge in [0.1, 0.15) is 0 Å². The van der Waals surface area contributed by atoms with E-state index in [4.69, 9.17) is 0 Å². The van der Waals surface area contributed by atoms with E-state index < -0.39 is 0 Å². The molecule has 0 aliphatic carbocycles. The Balaban J connectivity index is 0.00000218. The van der Waals surface area contributed by atoms with Crippen molar-refractivity contribution in [1.29, 1.82) is 0 Å². The zero-order chi connectivity index (χ0) is 22.0. The maximum atomic E-state index is 12.7. The van der Waals surface area contributed by atoms with Crippen LogP contribution >= 0.6 is 0 Å². The van der Waals surface area contributed by atoms with Gasteiger partial charge in [-0.3, -0.25) is 4.79 Å². The standard InChI is InChI=1S/C25H38N2O.C2H6/c1-3-4-10-21(2)11-8-15-24(16-9-14-22-12-6-5-7-13-22)27-25(28)23-17-19-26-20-18-23;1-2/h3-7,10,12-13,23-24,26H,8-9,11,14-20H2,1-2H3,(H,27,28);1-2H3/b4-3-,21-10+;. The van der Waals surface area contributed by atoms with Gasteiger partial charge >= 0.3 is 0 Å². The molecule has 0 radical (unpaired) electrons. The van der Waals surface area contributed by atoms with Gasteiger partial charge in [-0.2, -0.15) is 0 Å². The van der Waals surface area contributed by atoms with Crippen LogP contribution in [0.2, 0.25) is 0 Å². The van der Waals surface area contributed by atoms with Gasteiger partial charge in [-0.25, -0.2) is 0 Å². The second-order valence-corrected chi connectivity index (χ2v) is 8.04. The topological polar surface area (TPSA) is 41.1 Å². The van der Waals surface area contributed by atoms with Gasteiger partial charge in [0.15, 0.2) is 0 Å². The normalized spacial score (nSPS) is 16.1. The van der Waals surface area contributed by atoms with E-state index in [2.05, 4.69) is 66.1 Å². The van der Waals surface area contributed by atoms with Crippen LogP contribution in [-0.2, 0) is 11.2 Å². The Morgan fingerprint density at radius 1 is 1.13 bits per heavy atom. The SMILES string of the molecule is C/C=C\C=C(/C)CCCC(CCCc1ccccc1)NC(=O)C1CCNCC1.CC. The molecule has 1 unspecified atom stereocenters. The monoisotopic (exact) mass is 412 g/mol. The van der Waals surface area contributed by atoms with Crippen LogP contribution in [-0.4, -0.2) is 25.0 Å². The van der Waals surface area contributed by atoms with E-state index in [-0.39, 0.29) is 11.8 Å². The first-order valence-electron chi connectivity index (χ1n) is 12.0. The predicted octanol–water partition coefficient (Wildman–Crippen LogP) is 6.21. The van der Waals surface area contributed by atoms with Gasteiger partial charge in [0.05, 0.1) is 0 Å². The highest BCUT2D eigenvalue weighted by Crippen LogP contribution is 2.17. The first-order valence-corrected chi connectivity index (χ1v) is 12.0. The highest BCUT2D eigenvalue weighted by Gasteiger charge is 2.23. The van der Waals surface area contributed by atoms with E-state index in [1.807, 2.05) is 20.8 Å². The number of nitrogens with one attached hydrogen (secondary N) is 2. The summed E-state index contributed by atoms with van der Waals surface area (Å²) in [5, 5.41) is 6.74. The molecule has 1 aromatic carbocycles. The fourth-order valence-electron chi connectivity index (χ4n) is 3.86. The predicted molar refractivity (Wildman–Crippen MR) is 131 cm³/mol. The number of allylic oxidation sites excluding steroid dienone is 4. The lowest BCUT2D eigenvalue weighted by Crippen LogP contribution is -2.42. The van der Waals surface area contributed by atoms with Crippen molar-refractivity contribution in [3.05, 3.63) is 59.7 Å². The van der Waals surface area contributed by atoms with Crippen LogP contribution in [0.15, 0.2) is 54.1 Å². The molecule has 30 heavy (non-hydrogen) atoms. The summed E-state index contributed by atoms with van der Waals surface area (Å²) in [6, 6.07) is 10.9. The first-order chi connectivity index (χ1) is 14.7. The maximum absolute atomic E-state index is 12.7. The van der Waals surface area contributed by atoms with E-state index in [1.165, 1.54) is 11.1 Å². The first kappa shape index (κ1) is 26.2. The number of amides is 1. The molecular weight excluding hydrogens is 368 g/mol. The van der Waals surface area contributed by atoms with E-state index in [1.54, 1.807) is 0 Å². The van der Waals surface area contributed by atoms with Crippen molar-refractivity contribution in [2.75, 3.05) is 13.1 Å². The third-order valence-corrected chi connectivity index (χ3v) is 5.61. The van der Waals surface area contributed by atoms with Gasteiger partial charge in [0, 0.05) is 12.0 Å². The Labute approximate surface area is 185 Å². The fourth-order valence-corrected chi connectivity index (χ4v) is 3.86. The summed E-state index contributed by atoms with van der Waals surface area (Å²) in [4.78, 5) is 12.7. The van der Waals surface area contributed by atoms with Gasteiger partial charge in [-0.05, 0) is 83.9 Å². The number of carbonyl (C=O) groups excluding carboxylic acids is 1. The summed E-state index contributed by atoms with van der Waals surface area (Å²) < 4.78 is 0. The molecule has 1 atom stereocenters. The van der Waals surface area contributed by atoms with Gasteiger partial charge in [0.2, 0.25) is 5.91 Å². The fraction of sp³-hybridized carbons (Fsp3) is 0.593. The lowest BCUT2D eigenvalue weighted by Gasteiger charge is -2.25. The molecule has 3 heteroatoms. The second-order valence-electron chi connectivity index (χ2n) is 8.04. The zero-order valence-corrected chi connectivity index (χ0v) is 19.8. The van der Waals surface area contributed by atoms with Gasteiger partial charge in [-0.15, -0.1) is 0 Å². The summed E-state index contributed by atoms with van der Waals surface area (Å²) in [5.74, 6) is 0.460. The molecule has 168 valence electrons. The van der Waals surface area contributed by atoms with Crippen LogP contribution in [0, 0.1) is 5.92 Å². The molecule has 1 aromatic rings. The zero-order valence-electron chi connectivity index (χ0n) is 19.8. The molecule has 0 bridgehead atoms. The van der Waals surface area contributed by atoms with Gasteiger partial charge in [0.25, 0.3) is 0 Å². The molecule has 0 aromatic heterocycles. The van der Waals surface area contributed by atoms with Gasteiger partial charge < -0.3 is 10.6 Å². The molecule has 0 saturated carbocycles. The van der Waals surface area contributed by atoms with Crippen molar-refractivity contribution in [1.82, 2.24) is 10.6 Å². The third kappa shape index (κ3) is 11.3. The minimum absolute atomic E-state index is 0.189. The Morgan fingerprint density at radius 2 is 1.80 bits per heavy atom. The van der Waals surface area contributed by atoms with E-state index in [0.29, 0.717) is 6.04 Å². The Hall–Kier alpha value is -1.87. The van der Waals surface area contributed by atoms with Crippen LogP contribution in [0.3, 0.4) is 0 Å². The largest absolute Gasteiger partial charge is 0.353 e. The van der Waals surface area contributed by atoms with E-state index in [0.717, 1.165) is 64.5 Å². The van der Waals surface area contributed by atoms with Crippen molar-refractivity contribution in [3.8, 4) is 0 Å². The molecule has 1 fully saturated rings. The molecule has 1 aliphatic heterocycles. The number of rotatable bonds is 11. The number of piperidine rings is 1. The second kappa shape index (κ2) is 16.9. The molecule has 1 heterocycles. The van der Waals surface area contributed by atoms with Crippen molar-refractivity contribution >= 4 is 5.91 Å². The quantitative estimate of drug-likeness (QED) is 0.424. The van der Waals surface area contributed by atoms with E-state index in [9.17, 15) is 4.79 Å². The van der Waals surface area contributed by atoms with Crippen LogP contribution in [0.5, 0.6) is 0 Å². The smallest absolute Gasteiger partial charge is 0.223 e. The van der Waals surface area contributed by atoms with E-state index >= 15 is 0 Å². The van der Waals surface area contributed by atoms with Crippen molar-refractivity contribution in [2.45, 2.75) is 85.1 Å². The molecule has 0 spiro atoms. The average molecular weight is 413 g/mol. The molecular formula is C27H44N2O. The maximum Gasteiger partial charge on any atom is 0.223 e. The minimum Gasteiger partial charge on any atom is -0.353 e. The van der Waals surface area contributed by atoms with Gasteiger partial charge in [-0.1, -0.05) is 68.0 Å². The lowest BCUT2D eigenvalue weighted by molar-refractivity contribution is -0.126. The van der Waals surface area contributed by atoms with Crippen LogP contribution < -0.4 is 10.6 Å². The number of hydrogen-bond acceptors (Lipinski definition) is 2. The average Bonchev–Trinajstić information content (AvgIpc) is 2.80. The van der Waals surface area contributed by atoms with Crippen molar-refractivity contribution in [2.24, 2.45) is 5.92 Å². The van der Waals surface area contributed by atoms with Crippen LogP contribution in [0.4, 0.5) is 0 Å². The molecule has 1 amide bonds. The Bertz CT molecular complexity index is 615. The number of carbonyl (C=O) groups is 1. The number of hydrogen-bond donors (Lipinski definition) is 2. The molecule has 2 N–H and O–H groups in total. The third-order valence-electron chi connectivity index (χ3n) is 5.61. The Kier molecular flexibility index (Phi) is 14.7. The number of benzene rings is 1. The summed E-state index contributed by atoms with van der Waals surface area (Å²) in [6.45, 7) is 10.2. The lowest BCUT2D eigenvalue weighted by atomic mass is 9.95. The Morgan fingerprint density at radius 3 is 2.47 bits per heavy atom. The highest BCUT2D eigenvalue weighted by molar-refractivity contribution is 5.79. The summed E-state index contributed by atoms with van der Waals surface area (Å²) in [6.07, 6.45) is 14.8. The summed E-state index contributed by atoms with van der Waals surface area (Å²) in [5.41, 5.74) is 2.79.